The van der Waals surface area contributed by atoms with Crippen molar-refractivity contribution in [3.8, 4) is 0 Å². The molecule has 1 aliphatic rings. The maximum Gasteiger partial charge on any atom is 0.191 e. The molecule has 1 saturated carbocycles. The molecule has 5 heteroatoms. The van der Waals surface area contributed by atoms with Crippen molar-refractivity contribution in [2.24, 2.45) is 5.92 Å². The zero-order valence-electron chi connectivity index (χ0n) is 14.7. The number of aromatic nitrogens is 3. The number of halogens is 1. The summed E-state index contributed by atoms with van der Waals surface area (Å²) in [7, 11) is 0. The topological polar surface area (TPSA) is 30.7 Å². The Bertz CT molecular complexity index is 675. The van der Waals surface area contributed by atoms with Gasteiger partial charge in [-0.1, -0.05) is 73.7 Å². The molecule has 3 nitrogen and oxygen atoms in total. The summed E-state index contributed by atoms with van der Waals surface area (Å²) in [4.78, 5) is 0. The first-order valence-corrected chi connectivity index (χ1v) is 10.5. The lowest BCUT2D eigenvalue weighted by Crippen LogP contribution is -2.10. The van der Waals surface area contributed by atoms with E-state index in [0.717, 1.165) is 40.6 Å². The van der Waals surface area contributed by atoms with Crippen LogP contribution in [0.2, 0.25) is 5.02 Å². The molecule has 0 unspecified atom stereocenters. The van der Waals surface area contributed by atoms with Gasteiger partial charge in [0.05, 0.1) is 0 Å². The van der Waals surface area contributed by atoms with Crippen LogP contribution in [-0.2, 0) is 18.7 Å². The van der Waals surface area contributed by atoms with Crippen LogP contribution < -0.4 is 0 Å². The quantitative estimate of drug-likeness (QED) is 0.423. The summed E-state index contributed by atoms with van der Waals surface area (Å²) in [6, 6.07) is 7.99. The average Bonchev–Trinajstić information content (AvgIpc) is 3.03. The first-order valence-electron chi connectivity index (χ1n) is 9.16. The number of aryl methyl sites for hydroxylation is 1. The molecule has 1 fully saturated rings. The maximum absolute atomic E-state index is 5.95. The van der Waals surface area contributed by atoms with E-state index in [-0.39, 0.29) is 0 Å². The molecule has 0 radical (unpaired) electrons. The molecule has 1 heterocycles. The van der Waals surface area contributed by atoms with Gasteiger partial charge in [-0.3, -0.25) is 0 Å². The van der Waals surface area contributed by atoms with Gasteiger partial charge in [0.2, 0.25) is 0 Å². The van der Waals surface area contributed by atoms with Crippen molar-refractivity contribution >= 4 is 23.4 Å². The van der Waals surface area contributed by atoms with Crippen LogP contribution >= 0.6 is 23.4 Å². The van der Waals surface area contributed by atoms with Gasteiger partial charge in [-0.15, -0.1) is 16.8 Å². The average molecular weight is 376 g/mol. The minimum Gasteiger partial charge on any atom is -0.302 e. The number of rotatable bonds is 8. The molecule has 0 atom stereocenters. The molecular weight excluding hydrogens is 350 g/mol. The Hall–Kier alpha value is -1.26. The number of hydrogen-bond acceptors (Lipinski definition) is 3. The predicted octanol–water partition coefficient (Wildman–Crippen LogP) is 5.92. The normalized spacial score (nSPS) is 15.4. The molecule has 134 valence electrons. The molecular formula is C20H26ClN3S. The van der Waals surface area contributed by atoms with E-state index in [4.69, 9.17) is 11.6 Å². The molecule has 25 heavy (non-hydrogen) atoms. The summed E-state index contributed by atoms with van der Waals surface area (Å²) in [6.07, 6.45) is 11.2. The van der Waals surface area contributed by atoms with E-state index in [1.807, 2.05) is 18.2 Å². The Morgan fingerprint density at radius 3 is 2.64 bits per heavy atom. The minimum absolute atomic E-state index is 0.772. The molecule has 0 spiro atoms. The molecule has 0 aliphatic heterocycles. The summed E-state index contributed by atoms with van der Waals surface area (Å²) in [5.74, 6) is 2.84. The Balaban J connectivity index is 1.61. The van der Waals surface area contributed by atoms with Crippen LogP contribution in [0, 0.1) is 5.92 Å². The van der Waals surface area contributed by atoms with Crippen LogP contribution in [0.25, 0.3) is 0 Å². The smallest absolute Gasteiger partial charge is 0.191 e. The van der Waals surface area contributed by atoms with Crippen LogP contribution in [0.3, 0.4) is 0 Å². The van der Waals surface area contributed by atoms with Crippen molar-refractivity contribution in [2.75, 3.05) is 0 Å². The van der Waals surface area contributed by atoms with E-state index in [0.29, 0.717) is 0 Å². The first kappa shape index (κ1) is 18.5. The standard InChI is InChI=1S/C20H26ClN3S/c1-2-14-24-19(13-10-16-6-4-3-5-7-16)22-23-20(24)25-15-17-8-11-18(21)12-9-17/h2,8-9,11-12,16H,1,3-7,10,13-15H2. The first-order chi connectivity index (χ1) is 12.3. The zero-order valence-corrected chi connectivity index (χ0v) is 16.2. The van der Waals surface area contributed by atoms with Gasteiger partial charge in [0.15, 0.2) is 5.16 Å². The lowest BCUT2D eigenvalue weighted by Gasteiger charge is -2.21. The fourth-order valence-electron chi connectivity index (χ4n) is 3.46. The van der Waals surface area contributed by atoms with E-state index < -0.39 is 0 Å². The van der Waals surface area contributed by atoms with Crippen molar-refractivity contribution < 1.29 is 0 Å². The fourth-order valence-corrected chi connectivity index (χ4v) is 4.51. The van der Waals surface area contributed by atoms with E-state index in [2.05, 4.69) is 33.5 Å². The number of nitrogens with zero attached hydrogens (tertiary/aromatic N) is 3. The van der Waals surface area contributed by atoms with Gasteiger partial charge in [0, 0.05) is 23.7 Å². The van der Waals surface area contributed by atoms with Crippen molar-refractivity contribution in [3.63, 3.8) is 0 Å². The van der Waals surface area contributed by atoms with E-state index >= 15 is 0 Å². The van der Waals surface area contributed by atoms with Gasteiger partial charge in [0.1, 0.15) is 5.82 Å². The molecule has 0 N–H and O–H groups in total. The molecule has 1 aliphatic carbocycles. The zero-order chi connectivity index (χ0) is 17.5. The van der Waals surface area contributed by atoms with E-state index in [1.165, 1.54) is 44.1 Å². The highest BCUT2D eigenvalue weighted by atomic mass is 35.5. The van der Waals surface area contributed by atoms with Crippen LogP contribution in [0.15, 0.2) is 42.1 Å². The highest BCUT2D eigenvalue weighted by Gasteiger charge is 2.17. The summed E-state index contributed by atoms with van der Waals surface area (Å²) in [5.41, 5.74) is 1.24. The van der Waals surface area contributed by atoms with Gasteiger partial charge >= 0.3 is 0 Å². The Kier molecular flexibility index (Phi) is 7.00. The van der Waals surface area contributed by atoms with Crippen LogP contribution in [0.5, 0.6) is 0 Å². The van der Waals surface area contributed by atoms with Gasteiger partial charge in [-0.05, 0) is 30.0 Å². The van der Waals surface area contributed by atoms with Crippen molar-refractivity contribution in [3.05, 3.63) is 53.3 Å². The van der Waals surface area contributed by atoms with E-state index in [1.54, 1.807) is 11.8 Å². The Morgan fingerprint density at radius 2 is 1.92 bits per heavy atom. The largest absolute Gasteiger partial charge is 0.302 e. The van der Waals surface area contributed by atoms with Gasteiger partial charge in [-0.25, -0.2) is 0 Å². The molecule has 1 aromatic heterocycles. The number of allylic oxidation sites excluding steroid dienone is 1. The third-order valence-electron chi connectivity index (χ3n) is 4.89. The Labute approximate surface area is 159 Å². The van der Waals surface area contributed by atoms with Crippen LogP contribution in [0.1, 0.15) is 49.9 Å². The van der Waals surface area contributed by atoms with Crippen molar-refractivity contribution in [1.29, 1.82) is 0 Å². The van der Waals surface area contributed by atoms with E-state index in [9.17, 15) is 0 Å². The summed E-state index contributed by atoms with van der Waals surface area (Å²) in [6.45, 7) is 4.67. The Morgan fingerprint density at radius 1 is 1.16 bits per heavy atom. The van der Waals surface area contributed by atoms with Gasteiger partial charge in [0.25, 0.3) is 0 Å². The van der Waals surface area contributed by atoms with Gasteiger partial charge in [-0.2, -0.15) is 0 Å². The monoisotopic (exact) mass is 375 g/mol. The van der Waals surface area contributed by atoms with Crippen LogP contribution in [0.4, 0.5) is 0 Å². The lowest BCUT2D eigenvalue weighted by atomic mass is 9.86. The highest BCUT2D eigenvalue weighted by Crippen LogP contribution is 2.28. The molecule has 0 bridgehead atoms. The summed E-state index contributed by atoms with van der Waals surface area (Å²) in [5, 5.41) is 10.7. The fraction of sp³-hybridized carbons (Fsp3) is 0.500. The molecule has 0 amide bonds. The SMILES string of the molecule is C=CCn1c(CCC2CCCCC2)nnc1SCc1ccc(Cl)cc1. The maximum atomic E-state index is 5.95. The lowest BCUT2D eigenvalue weighted by molar-refractivity contribution is 0.336. The summed E-state index contributed by atoms with van der Waals surface area (Å²) >= 11 is 7.68. The predicted molar refractivity (Wildman–Crippen MR) is 106 cm³/mol. The number of benzene rings is 1. The molecule has 1 aromatic carbocycles. The second-order valence-electron chi connectivity index (χ2n) is 6.76. The third kappa shape index (κ3) is 5.35. The molecule has 3 rings (SSSR count). The summed E-state index contributed by atoms with van der Waals surface area (Å²) < 4.78 is 2.22. The second-order valence-corrected chi connectivity index (χ2v) is 8.13. The molecule has 2 aromatic rings. The number of thioether (sulfide) groups is 1. The van der Waals surface area contributed by atoms with Crippen LogP contribution in [-0.4, -0.2) is 14.8 Å². The van der Waals surface area contributed by atoms with Crippen molar-refractivity contribution in [1.82, 2.24) is 14.8 Å². The molecule has 0 saturated heterocycles. The third-order valence-corrected chi connectivity index (χ3v) is 6.18. The number of hydrogen-bond donors (Lipinski definition) is 0. The highest BCUT2D eigenvalue weighted by molar-refractivity contribution is 7.98. The second kappa shape index (κ2) is 9.44. The van der Waals surface area contributed by atoms with Crippen molar-refractivity contribution in [2.45, 2.75) is 62.4 Å². The minimum atomic E-state index is 0.772. The van der Waals surface area contributed by atoms with Gasteiger partial charge < -0.3 is 4.57 Å².